The Bertz CT molecular complexity index is 1470. The lowest BCUT2D eigenvalue weighted by Crippen LogP contribution is -2.28. The fraction of sp³-hybridized carbons (Fsp3) is 0.333. The van der Waals surface area contributed by atoms with E-state index in [2.05, 4.69) is 72.8 Å². The molecule has 0 radical (unpaired) electrons. The van der Waals surface area contributed by atoms with E-state index in [0.29, 0.717) is 23.7 Å². The predicted octanol–water partition coefficient (Wildman–Crippen LogP) is 7.95. The minimum atomic E-state index is 0.583. The number of allylic oxidation sites excluding steroid dienone is 1. The highest BCUT2D eigenvalue weighted by Crippen LogP contribution is 2.75. The fourth-order valence-corrected chi connectivity index (χ4v) is 9.00. The highest BCUT2D eigenvalue weighted by atomic mass is 16.5. The van der Waals surface area contributed by atoms with Gasteiger partial charge in [-0.05, 0) is 71.1 Å². The average Bonchev–Trinajstić information content (AvgIpc) is 3.66. The SMILES string of the molecule is COc1c2c(c(OC)c3ccccc13)C1CC2C2C3CCC(C3=Cc3cccc4ccccc34)C12. The molecule has 0 aliphatic heterocycles. The lowest BCUT2D eigenvalue weighted by molar-refractivity contribution is 0.214. The van der Waals surface area contributed by atoms with Crippen LogP contribution in [0.25, 0.3) is 27.6 Å². The van der Waals surface area contributed by atoms with Crippen molar-refractivity contribution in [2.75, 3.05) is 14.2 Å². The first kappa shape index (κ1) is 20.0. The van der Waals surface area contributed by atoms with E-state index in [4.69, 9.17) is 9.47 Å². The van der Waals surface area contributed by atoms with Gasteiger partial charge in [-0.25, -0.2) is 0 Å². The van der Waals surface area contributed by atoms with Gasteiger partial charge >= 0.3 is 0 Å². The van der Waals surface area contributed by atoms with Crippen molar-refractivity contribution in [3.8, 4) is 11.5 Å². The second-order valence-electron chi connectivity index (χ2n) is 11.0. The zero-order valence-electron chi connectivity index (χ0n) is 20.3. The Morgan fingerprint density at radius 3 is 1.77 bits per heavy atom. The number of ether oxygens (including phenoxy) is 2. The van der Waals surface area contributed by atoms with Crippen molar-refractivity contribution in [1.82, 2.24) is 0 Å². The molecule has 0 amide bonds. The molecule has 2 nitrogen and oxygen atoms in total. The van der Waals surface area contributed by atoms with E-state index in [1.807, 2.05) is 14.2 Å². The van der Waals surface area contributed by atoms with Gasteiger partial charge in [-0.15, -0.1) is 0 Å². The molecule has 4 aliphatic rings. The minimum absolute atomic E-state index is 0.583. The quantitative estimate of drug-likeness (QED) is 0.290. The maximum absolute atomic E-state index is 6.15. The maximum Gasteiger partial charge on any atom is 0.130 e. The van der Waals surface area contributed by atoms with E-state index in [1.165, 1.54) is 57.5 Å². The number of benzene rings is 4. The Morgan fingerprint density at radius 1 is 0.629 bits per heavy atom. The van der Waals surface area contributed by atoms with Crippen LogP contribution in [0.5, 0.6) is 11.5 Å². The monoisotopic (exact) mass is 458 g/mol. The largest absolute Gasteiger partial charge is 0.496 e. The second kappa shape index (κ2) is 7.13. The zero-order chi connectivity index (χ0) is 23.3. The van der Waals surface area contributed by atoms with Gasteiger partial charge in [-0.1, -0.05) is 78.4 Å². The van der Waals surface area contributed by atoms with Gasteiger partial charge in [-0.2, -0.15) is 0 Å². The van der Waals surface area contributed by atoms with E-state index in [9.17, 15) is 0 Å². The first-order valence-electron chi connectivity index (χ1n) is 13.2. The van der Waals surface area contributed by atoms with Gasteiger partial charge in [0.25, 0.3) is 0 Å². The summed E-state index contributed by atoms with van der Waals surface area (Å²) in [5.74, 6) is 6.26. The molecule has 8 rings (SSSR count). The zero-order valence-corrected chi connectivity index (χ0v) is 20.3. The summed E-state index contributed by atoms with van der Waals surface area (Å²) in [5, 5.41) is 5.11. The molecule has 0 spiro atoms. The lowest BCUT2D eigenvalue weighted by Gasteiger charge is -2.37. The Hall–Kier alpha value is -3.26. The van der Waals surface area contributed by atoms with Gasteiger partial charge < -0.3 is 9.47 Å². The third kappa shape index (κ3) is 2.45. The molecule has 3 saturated carbocycles. The standard InChI is InChI=1S/C33H30O2/c1-34-32-23-12-5-6-13-24(23)33(35-2)31-27-17-26(30(31)32)28-21-14-15-22(29(27)28)25(21)16-19-10-7-9-18-8-3-4-11-20(18)19/h3-13,16,21-22,26-29H,14-15,17H2,1-2H3. The summed E-state index contributed by atoms with van der Waals surface area (Å²) in [6.07, 6.45) is 6.53. The molecular weight excluding hydrogens is 428 g/mol. The van der Waals surface area contributed by atoms with Crippen LogP contribution in [-0.2, 0) is 0 Å². The summed E-state index contributed by atoms with van der Waals surface area (Å²) in [6, 6.07) is 24.2. The van der Waals surface area contributed by atoms with Crippen molar-refractivity contribution in [1.29, 1.82) is 0 Å². The summed E-state index contributed by atoms with van der Waals surface area (Å²) in [5.41, 5.74) is 6.04. The smallest absolute Gasteiger partial charge is 0.130 e. The van der Waals surface area contributed by atoms with Gasteiger partial charge in [0.05, 0.1) is 14.2 Å². The Kier molecular flexibility index (Phi) is 4.07. The van der Waals surface area contributed by atoms with Crippen molar-refractivity contribution in [2.24, 2.45) is 23.7 Å². The molecule has 4 aromatic rings. The van der Waals surface area contributed by atoms with Gasteiger partial charge in [-0.3, -0.25) is 0 Å². The highest BCUT2D eigenvalue weighted by molar-refractivity contribution is 5.97. The summed E-state index contributed by atoms with van der Waals surface area (Å²) in [6.45, 7) is 0. The fourth-order valence-electron chi connectivity index (χ4n) is 9.00. The summed E-state index contributed by atoms with van der Waals surface area (Å²) < 4.78 is 12.3. The molecule has 0 aromatic heterocycles. The number of hydrogen-bond donors (Lipinski definition) is 0. The van der Waals surface area contributed by atoms with Crippen LogP contribution in [0.3, 0.4) is 0 Å². The molecule has 4 aliphatic carbocycles. The van der Waals surface area contributed by atoms with Crippen LogP contribution < -0.4 is 9.47 Å². The van der Waals surface area contributed by atoms with E-state index in [1.54, 1.807) is 5.57 Å². The van der Waals surface area contributed by atoms with Crippen molar-refractivity contribution in [2.45, 2.75) is 31.1 Å². The molecule has 4 bridgehead atoms. The number of rotatable bonds is 3. The van der Waals surface area contributed by atoms with E-state index >= 15 is 0 Å². The third-order valence-corrected chi connectivity index (χ3v) is 9.95. The van der Waals surface area contributed by atoms with Crippen LogP contribution in [0.2, 0.25) is 0 Å². The Labute approximate surface area is 206 Å². The molecule has 174 valence electrons. The van der Waals surface area contributed by atoms with Crippen molar-refractivity contribution < 1.29 is 9.47 Å². The summed E-state index contributed by atoms with van der Waals surface area (Å²) in [4.78, 5) is 0. The first-order valence-corrected chi connectivity index (χ1v) is 13.2. The molecule has 35 heavy (non-hydrogen) atoms. The van der Waals surface area contributed by atoms with Gasteiger partial charge in [0.2, 0.25) is 0 Å². The van der Waals surface area contributed by atoms with Crippen molar-refractivity contribution in [3.63, 3.8) is 0 Å². The minimum Gasteiger partial charge on any atom is -0.496 e. The molecule has 6 unspecified atom stereocenters. The van der Waals surface area contributed by atoms with E-state index in [0.717, 1.165) is 23.3 Å². The Morgan fingerprint density at radius 2 is 1.17 bits per heavy atom. The van der Waals surface area contributed by atoms with Crippen LogP contribution >= 0.6 is 0 Å². The normalized spacial score (nSPS) is 29.6. The van der Waals surface area contributed by atoms with E-state index in [-0.39, 0.29) is 0 Å². The van der Waals surface area contributed by atoms with Crippen LogP contribution in [0, 0.1) is 23.7 Å². The molecule has 0 saturated heterocycles. The summed E-state index contributed by atoms with van der Waals surface area (Å²) in [7, 11) is 3.70. The molecule has 2 heteroatoms. The molecule has 6 atom stereocenters. The van der Waals surface area contributed by atoms with E-state index < -0.39 is 0 Å². The molecule has 0 N–H and O–H groups in total. The first-order chi connectivity index (χ1) is 17.3. The van der Waals surface area contributed by atoms with Gasteiger partial charge in [0, 0.05) is 21.9 Å². The second-order valence-corrected chi connectivity index (χ2v) is 11.0. The molecular formula is C33H30O2. The predicted molar refractivity (Wildman–Crippen MR) is 142 cm³/mol. The van der Waals surface area contributed by atoms with Crippen LogP contribution in [0.15, 0.2) is 72.3 Å². The Balaban J connectivity index is 1.30. The summed E-state index contributed by atoms with van der Waals surface area (Å²) >= 11 is 0. The third-order valence-electron chi connectivity index (χ3n) is 9.95. The van der Waals surface area contributed by atoms with Crippen molar-refractivity contribution in [3.05, 3.63) is 89.0 Å². The lowest BCUT2D eigenvalue weighted by atomic mass is 9.68. The van der Waals surface area contributed by atoms with Crippen LogP contribution in [0.4, 0.5) is 0 Å². The molecule has 0 heterocycles. The highest BCUT2D eigenvalue weighted by Gasteiger charge is 2.64. The van der Waals surface area contributed by atoms with Crippen LogP contribution in [0.1, 0.15) is 47.8 Å². The van der Waals surface area contributed by atoms with Gasteiger partial charge in [0.1, 0.15) is 11.5 Å². The topological polar surface area (TPSA) is 18.5 Å². The molecule has 4 aromatic carbocycles. The average molecular weight is 459 g/mol. The van der Waals surface area contributed by atoms with Crippen molar-refractivity contribution >= 4 is 27.6 Å². The van der Waals surface area contributed by atoms with Gasteiger partial charge in [0.15, 0.2) is 0 Å². The van der Waals surface area contributed by atoms with Crippen LogP contribution in [-0.4, -0.2) is 14.2 Å². The number of methoxy groups -OCH3 is 2. The molecule has 3 fully saturated rings. The maximum atomic E-state index is 6.15. The number of fused-ring (bicyclic) bond motifs is 14. The number of hydrogen-bond acceptors (Lipinski definition) is 2.